The average Bonchev–Trinajstić information content (AvgIpc) is 1.61. The Hall–Kier alpha value is 1.43. The zero-order valence-electron chi connectivity index (χ0n) is 4.18. The molecule has 1 N–H and O–H groups in total. The molecule has 0 saturated heterocycles. The van der Waals surface area contributed by atoms with Crippen molar-refractivity contribution >= 4 is 65.1 Å². The number of hydrogen-bond acceptors (Lipinski definition) is 3. The van der Waals surface area contributed by atoms with Crippen LogP contribution in [0, 0.1) is 0 Å². The molecule has 0 aromatic heterocycles. The molecule has 0 spiro atoms. The molecule has 3 nitrogen and oxygen atoms in total. The first-order valence-electron chi connectivity index (χ1n) is 2.01. The summed E-state index contributed by atoms with van der Waals surface area (Å²) < 4.78 is 4.30. The van der Waals surface area contributed by atoms with Crippen molar-refractivity contribution in [3.05, 3.63) is 0 Å². The number of esters is 1. The van der Waals surface area contributed by atoms with E-state index in [2.05, 4.69) is 4.74 Å². The van der Waals surface area contributed by atoms with E-state index < -0.39 is 0 Å². The van der Waals surface area contributed by atoms with Crippen molar-refractivity contribution in [1.82, 2.24) is 0 Å². The van der Waals surface area contributed by atoms with Crippen molar-refractivity contribution in [1.29, 1.82) is 0 Å². The molecule has 0 saturated carbocycles. The number of aliphatic hydroxyl groups is 1. The van der Waals surface area contributed by atoms with Crippen molar-refractivity contribution in [2.75, 3.05) is 13.2 Å². The summed E-state index contributed by atoms with van der Waals surface area (Å²) in [7, 11) is 0. The zero-order valence-corrected chi connectivity index (χ0v) is 4.18. The van der Waals surface area contributed by atoms with Crippen molar-refractivity contribution < 1.29 is 14.6 Å². The van der Waals surface area contributed by atoms with Gasteiger partial charge in [0.2, 0.25) is 0 Å². The first-order valence-corrected chi connectivity index (χ1v) is 2.01. The molecule has 0 unspecified atom stereocenters. The Bertz CT molecular complexity index is 66.8. The van der Waals surface area contributed by atoms with Crippen LogP contribution in [-0.2, 0) is 9.53 Å². The van der Waals surface area contributed by atoms with Crippen molar-refractivity contribution in [3.63, 3.8) is 0 Å². The zero-order chi connectivity index (χ0) is 5.70. The minimum atomic E-state index is -0.353. The van der Waals surface area contributed by atoms with Gasteiger partial charge in [-0.1, -0.05) is 0 Å². The number of aliphatic hydroxyl groups excluding tert-OH is 1. The van der Waals surface area contributed by atoms with Crippen LogP contribution in [0.2, 0.25) is 0 Å². The molecule has 0 bridgehead atoms. The summed E-state index contributed by atoms with van der Waals surface area (Å²) >= 11 is 0. The predicted molar refractivity (Wildman–Crippen MR) is 38.0 cm³/mol. The van der Waals surface area contributed by atoms with Crippen LogP contribution in [0.5, 0.6) is 0 Å². The van der Waals surface area contributed by atoms with Gasteiger partial charge in [-0.15, -0.1) is 0 Å². The molecular formula is C4H10Na2O3. The monoisotopic (exact) mass is 152 g/mol. The minimum absolute atomic E-state index is 0. The van der Waals surface area contributed by atoms with Crippen molar-refractivity contribution in [2.24, 2.45) is 0 Å². The quantitative estimate of drug-likeness (QED) is 0.377. The van der Waals surface area contributed by atoms with Crippen LogP contribution in [0.3, 0.4) is 0 Å². The molecule has 0 aromatic carbocycles. The van der Waals surface area contributed by atoms with Crippen LogP contribution in [-0.4, -0.2) is 83.4 Å². The number of rotatable bonds is 2. The van der Waals surface area contributed by atoms with E-state index in [1.165, 1.54) is 6.92 Å². The summed E-state index contributed by atoms with van der Waals surface area (Å²) in [5.74, 6) is -0.353. The topological polar surface area (TPSA) is 46.5 Å². The Morgan fingerprint density at radius 1 is 1.56 bits per heavy atom. The van der Waals surface area contributed by atoms with Gasteiger partial charge in [-0.05, 0) is 0 Å². The normalized spacial score (nSPS) is 6.44. The number of hydrogen-bond donors (Lipinski definition) is 1. The first-order chi connectivity index (χ1) is 3.27. The van der Waals surface area contributed by atoms with Gasteiger partial charge in [-0.25, -0.2) is 0 Å². The summed E-state index contributed by atoms with van der Waals surface area (Å²) in [6.45, 7) is 1.31. The Balaban J connectivity index is -0.000000180. The van der Waals surface area contributed by atoms with E-state index in [9.17, 15) is 4.79 Å². The molecule has 0 aliphatic heterocycles. The Morgan fingerprint density at radius 3 is 2.11 bits per heavy atom. The number of carbonyl (C=O) groups is 1. The fraction of sp³-hybridized carbons (Fsp3) is 0.750. The van der Waals surface area contributed by atoms with E-state index in [1.807, 2.05) is 0 Å². The number of ether oxygens (including phenoxy) is 1. The van der Waals surface area contributed by atoms with E-state index in [-0.39, 0.29) is 78.3 Å². The third-order valence-corrected chi connectivity index (χ3v) is 0.397. The molecule has 0 aliphatic rings. The van der Waals surface area contributed by atoms with Gasteiger partial charge in [0.05, 0.1) is 6.61 Å². The summed E-state index contributed by atoms with van der Waals surface area (Å²) in [6, 6.07) is 0. The molecule has 9 heavy (non-hydrogen) atoms. The Morgan fingerprint density at radius 2 is 2.00 bits per heavy atom. The first kappa shape index (κ1) is 16.8. The second-order valence-electron chi connectivity index (χ2n) is 1.06. The van der Waals surface area contributed by atoms with Gasteiger partial charge in [-0.2, -0.15) is 0 Å². The van der Waals surface area contributed by atoms with Crippen LogP contribution in [0.25, 0.3) is 0 Å². The molecule has 5 heteroatoms. The molecule has 0 atom stereocenters. The van der Waals surface area contributed by atoms with E-state index in [1.54, 1.807) is 0 Å². The van der Waals surface area contributed by atoms with Gasteiger partial charge in [0.25, 0.3) is 0 Å². The molecule has 0 heterocycles. The molecule has 0 fully saturated rings. The van der Waals surface area contributed by atoms with Gasteiger partial charge in [0.15, 0.2) is 0 Å². The second kappa shape index (κ2) is 12.1. The van der Waals surface area contributed by atoms with Gasteiger partial charge in [-0.3, -0.25) is 4.79 Å². The van der Waals surface area contributed by atoms with Gasteiger partial charge in [0, 0.05) is 6.92 Å². The molecular weight excluding hydrogens is 142 g/mol. The fourth-order valence-corrected chi connectivity index (χ4v) is 0.189. The van der Waals surface area contributed by atoms with E-state index in [4.69, 9.17) is 5.11 Å². The molecule has 0 radical (unpaired) electrons. The molecule has 46 valence electrons. The van der Waals surface area contributed by atoms with Crippen LogP contribution in [0.4, 0.5) is 0 Å². The van der Waals surface area contributed by atoms with E-state index in [0.717, 1.165) is 0 Å². The van der Waals surface area contributed by atoms with Gasteiger partial charge in [0.1, 0.15) is 6.61 Å². The molecule has 0 rings (SSSR count). The van der Waals surface area contributed by atoms with E-state index in [0.29, 0.717) is 0 Å². The maximum atomic E-state index is 9.87. The molecule has 0 aromatic rings. The SMILES string of the molecule is CC(=O)OCCO.[NaH].[NaH]. The van der Waals surface area contributed by atoms with Crippen molar-refractivity contribution in [3.8, 4) is 0 Å². The third-order valence-electron chi connectivity index (χ3n) is 0.397. The Kier molecular flexibility index (Phi) is 22.7. The van der Waals surface area contributed by atoms with Crippen molar-refractivity contribution in [2.45, 2.75) is 6.92 Å². The summed E-state index contributed by atoms with van der Waals surface area (Å²) in [4.78, 5) is 9.87. The third kappa shape index (κ3) is 17.7. The van der Waals surface area contributed by atoms with Crippen LogP contribution < -0.4 is 0 Å². The second-order valence-corrected chi connectivity index (χ2v) is 1.06. The fourth-order valence-electron chi connectivity index (χ4n) is 0.189. The molecule has 0 aliphatic carbocycles. The van der Waals surface area contributed by atoms with Crippen LogP contribution in [0.15, 0.2) is 0 Å². The summed E-state index contributed by atoms with van der Waals surface area (Å²) in [6.07, 6.45) is 0. The predicted octanol–water partition coefficient (Wildman–Crippen LogP) is -1.76. The summed E-state index contributed by atoms with van der Waals surface area (Å²) in [5.41, 5.74) is 0. The van der Waals surface area contributed by atoms with Gasteiger partial charge < -0.3 is 9.84 Å². The number of carbonyl (C=O) groups excluding carboxylic acids is 1. The standard InChI is InChI=1S/C4H8O3.2Na.2H/c1-4(6)7-3-2-5;;;;/h5H,2-3H2,1H3;;;;. The van der Waals surface area contributed by atoms with E-state index >= 15 is 0 Å². The van der Waals surface area contributed by atoms with Gasteiger partial charge >= 0.3 is 65.1 Å². The Labute approximate surface area is 98.7 Å². The average molecular weight is 152 g/mol. The maximum absolute atomic E-state index is 9.87. The summed E-state index contributed by atoms with van der Waals surface area (Å²) in [5, 5.41) is 8.04. The van der Waals surface area contributed by atoms with Crippen LogP contribution in [0.1, 0.15) is 6.92 Å². The molecule has 0 amide bonds. The van der Waals surface area contributed by atoms with Crippen LogP contribution >= 0.6 is 0 Å².